The van der Waals surface area contributed by atoms with E-state index in [1.807, 2.05) is 30.5 Å². The Morgan fingerprint density at radius 2 is 0.977 bits per heavy atom. The number of hydrogen-bond donors (Lipinski definition) is 0. The Hall–Kier alpha value is -2.77. The van der Waals surface area contributed by atoms with Crippen molar-refractivity contribution in [2.75, 3.05) is 13.2 Å². The summed E-state index contributed by atoms with van der Waals surface area (Å²) in [5.74, 6) is 7.48. The number of aromatic nitrogens is 1. The minimum atomic E-state index is 0.777. The second kappa shape index (κ2) is 22.7. The molecule has 0 spiro atoms. The van der Waals surface area contributed by atoms with Gasteiger partial charge in [-0.25, -0.2) is 4.98 Å². The van der Waals surface area contributed by atoms with Crippen molar-refractivity contribution in [3.8, 4) is 33.2 Å². The number of thiazole rings is 1. The lowest BCUT2D eigenvalue weighted by Crippen LogP contribution is -1.97. The van der Waals surface area contributed by atoms with Gasteiger partial charge >= 0.3 is 0 Å². The van der Waals surface area contributed by atoms with E-state index in [9.17, 15) is 0 Å². The smallest absolute Gasteiger partial charge is 0.194 e. The molecule has 234 valence electrons. The number of ether oxygens (including phenoxy) is 2. The van der Waals surface area contributed by atoms with E-state index in [1.54, 1.807) is 11.3 Å². The Morgan fingerprint density at radius 3 is 1.49 bits per heavy atom. The molecular weight excluding hydrogens is 547 g/mol. The van der Waals surface area contributed by atoms with Gasteiger partial charge in [-0.2, -0.15) is 0 Å². The van der Waals surface area contributed by atoms with E-state index < -0.39 is 0 Å². The highest BCUT2D eigenvalue weighted by Gasteiger charge is 2.06. The summed E-state index contributed by atoms with van der Waals surface area (Å²) >= 11 is 1.62. The first-order chi connectivity index (χ1) is 21.3. The minimum absolute atomic E-state index is 0.777. The zero-order chi connectivity index (χ0) is 30.2. The molecule has 0 bridgehead atoms. The lowest BCUT2D eigenvalue weighted by atomic mass is 10.1. The molecule has 3 nitrogen and oxygen atoms in total. The first-order valence-electron chi connectivity index (χ1n) is 17.2. The molecule has 4 heteroatoms. The maximum Gasteiger partial charge on any atom is 0.194 e. The summed E-state index contributed by atoms with van der Waals surface area (Å²) in [4.78, 5) is 4.58. The van der Waals surface area contributed by atoms with Crippen LogP contribution in [-0.2, 0) is 0 Å². The molecular formula is C39H55NO2S. The van der Waals surface area contributed by atoms with Gasteiger partial charge < -0.3 is 9.47 Å². The molecule has 0 aliphatic carbocycles. The fraction of sp³-hybridized carbons (Fsp3) is 0.564. The van der Waals surface area contributed by atoms with Crippen LogP contribution in [0.2, 0.25) is 0 Å². The average Bonchev–Trinajstić information content (AvgIpc) is 3.51. The van der Waals surface area contributed by atoms with Crippen LogP contribution in [0.25, 0.3) is 10.6 Å². The van der Waals surface area contributed by atoms with Crippen molar-refractivity contribution in [3.63, 3.8) is 0 Å². The third-order valence-corrected chi connectivity index (χ3v) is 8.79. The van der Waals surface area contributed by atoms with Crippen molar-refractivity contribution in [2.45, 2.75) is 129 Å². The highest BCUT2D eigenvalue weighted by Crippen LogP contribution is 2.30. The molecule has 0 unspecified atom stereocenters. The van der Waals surface area contributed by atoms with E-state index in [2.05, 4.69) is 54.9 Å². The SMILES string of the molecule is CCCCCCCCCCCCOc1cnc(-c2ccc(C#Cc3ccc(OCCCCCCCCCC)cc3)cc2)s1. The number of nitrogens with zero attached hydrogens (tertiary/aromatic N) is 1. The van der Waals surface area contributed by atoms with Crippen LogP contribution in [-0.4, -0.2) is 18.2 Å². The van der Waals surface area contributed by atoms with Crippen molar-refractivity contribution < 1.29 is 9.47 Å². The van der Waals surface area contributed by atoms with E-state index in [0.29, 0.717) is 0 Å². The molecule has 0 aliphatic heterocycles. The van der Waals surface area contributed by atoms with Gasteiger partial charge in [-0.15, -0.1) is 0 Å². The Labute approximate surface area is 266 Å². The lowest BCUT2D eigenvalue weighted by Gasteiger charge is -2.06. The second-order valence-electron chi connectivity index (χ2n) is 11.7. The Bertz CT molecular complexity index is 1160. The van der Waals surface area contributed by atoms with Crippen molar-refractivity contribution in [1.82, 2.24) is 4.98 Å². The third-order valence-electron chi connectivity index (χ3n) is 7.83. The maximum absolute atomic E-state index is 5.98. The topological polar surface area (TPSA) is 31.4 Å². The number of hydrogen-bond acceptors (Lipinski definition) is 4. The van der Waals surface area contributed by atoms with E-state index >= 15 is 0 Å². The van der Waals surface area contributed by atoms with Crippen LogP contribution in [0.1, 0.15) is 141 Å². The van der Waals surface area contributed by atoms with E-state index in [1.165, 1.54) is 103 Å². The van der Waals surface area contributed by atoms with Gasteiger partial charge in [-0.3, -0.25) is 0 Å². The molecule has 0 radical (unpaired) electrons. The number of unbranched alkanes of at least 4 members (excludes halogenated alkanes) is 16. The summed E-state index contributed by atoms with van der Waals surface area (Å²) in [6.45, 7) is 6.11. The average molecular weight is 602 g/mol. The van der Waals surface area contributed by atoms with Gasteiger partial charge in [-0.05, 0) is 49.2 Å². The predicted molar refractivity (Wildman–Crippen MR) is 185 cm³/mol. The van der Waals surface area contributed by atoms with Crippen molar-refractivity contribution >= 4 is 11.3 Å². The van der Waals surface area contributed by atoms with Crippen molar-refractivity contribution in [3.05, 3.63) is 65.9 Å². The first kappa shape index (κ1) is 34.7. The van der Waals surface area contributed by atoms with Crippen LogP contribution in [0, 0.1) is 11.8 Å². The second-order valence-corrected chi connectivity index (χ2v) is 12.7. The van der Waals surface area contributed by atoms with Crippen LogP contribution in [0.5, 0.6) is 10.8 Å². The van der Waals surface area contributed by atoms with Crippen LogP contribution in [0.3, 0.4) is 0 Å². The molecule has 0 atom stereocenters. The van der Waals surface area contributed by atoms with Gasteiger partial charge in [0.25, 0.3) is 0 Å². The molecule has 0 saturated carbocycles. The zero-order valence-electron chi connectivity index (χ0n) is 27.0. The minimum Gasteiger partial charge on any atom is -0.494 e. The molecule has 43 heavy (non-hydrogen) atoms. The van der Waals surface area contributed by atoms with Gasteiger partial charge in [-0.1, -0.05) is 152 Å². The third kappa shape index (κ3) is 15.5. The molecule has 0 amide bonds. The lowest BCUT2D eigenvalue weighted by molar-refractivity contribution is 0.304. The number of benzene rings is 2. The summed E-state index contributed by atoms with van der Waals surface area (Å²) in [5, 5.41) is 1.89. The quantitative estimate of drug-likeness (QED) is 0.0800. The van der Waals surface area contributed by atoms with Crippen LogP contribution >= 0.6 is 11.3 Å². The first-order valence-corrected chi connectivity index (χ1v) is 18.0. The number of rotatable bonds is 23. The van der Waals surface area contributed by atoms with Crippen molar-refractivity contribution in [1.29, 1.82) is 0 Å². The Morgan fingerprint density at radius 1 is 0.535 bits per heavy atom. The molecule has 1 heterocycles. The standard InChI is InChI=1S/C39H55NO2S/c1-3-5-7-9-11-13-14-16-18-20-32-42-38-33-40-39(43-38)36-27-23-34(24-28-36)21-22-35-25-29-37(30-26-35)41-31-19-17-15-12-10-8-6-4-2/h23-30,33H,3-20,31-32H2,1-2H3. The molecule has 2 aromatic carbocycles. The monoisotopic (exact) mass is 601 g/mol. The Balaban J connectivity index is 1.30. The predicted octanol–water partition coefficient (Wildman–Crippen LogP) is 12.0. The van der Waals surface area contributed by atoms with Gasteiger partial charge in [0.1, 0.15) is 10.8 Å². The summed E-state index contributed by atoms with van der Waals surface area (Å²) in [5.41, 5.74) is 3.09. The van der Waals surface area contributed by atoms with Crippen LogP contribution in [0.4, 0.5) is 0 Å². The fourth-order valence-electron chi connectivity index (χ4n) is 5.12. The molecule has 0 fully saturated rings. The molecule has 0 aliphatic rings. The maximum atomic E-state index is 5.98. The molecule has 1 aromatic heterocycles. The molecule has 0 saturated heterocycles. The van der Waals surface area contributed by atoms with Crippen molar-refractivity contribution in [2.24, 2.45) is 0 Å². The molecule has 3 rings (SSSR count). The van der Waals surface area contributed by atoms with Crippen LogP contribution < -0.4 is 9.47 Å². The largest absolute Gasteiger partial charge is 0.494 e. The highest BCUT2D eigenvalue weighted by atomic mass is 32.1. The van der Waals surface area contributed by atoms with E-state index in [-0.39, 0.29) is 0 Å². The van der Waals surface area contributed by atoms with E-state index in [4.69, 9.17) is 9.47 Å². The van der Waals surface area contributed by atoms with E-state index in [0.717, 1.165) is 58.6 Å². The van der Waals surface area contributed by atoms with Gasteiger partial charge in [0, 0.05) is 16.7 Å². The summed E-state index contributed by atoms with van der Waals surface area (Å²) in [6, 6.07) is 16.4. The summed E-state index contributed by atoms with van der Waals surface area (Å²) < 4.78 is 11.9. The summed E-state index contributed by atoms with van der Waals surface area (Å²) in [6.07, 6.45) is 25.7. The highest BCUT2D eigenvalue weighted by molar-refractivity contribution is 7.16. The van der Waals surface area contributed by atoms with Crippen LogP contribution in [0.15, 0.2) is 54.7 Å². The van der Waals surface area contributed by atoms with Gasteiger partial charge in [0.15, 0.2) is 5.06 Å². The Kier molecular flexibility index (Phi) is 18.3. The summed E-state index contributed by atoms with van der Waals surface area (Å²) in [7, 11) is 0. The molecule has 3 aromatic rings. The van der Waals surface area contributed by atoms with Gasteiger partial charge in [0.2, 0.25) is 0 Å². The fourth-order valence-corrected chi connectivity index (χ4v) is 5.92. The molecule has 0 N–H and O–H groups in total. The van der Waals surface area contributed by atoms with Gasteiger partial charge in [0.05, 0.1) is 19.4 Å². The zero-order valence-corrected chi connectivity index (χ0v) is 27.8. The normalized spacial score (nSPS) is 10.8.